The molecule has 0 spiro atoms. The number of anilines is 2. The van der Waals surface area contributed by atoms with Crippen molar-refractivity contribution < 1.29 is 4.79 Å². The molecule has 0 aliphatic carbocycles. The highest BCUT2D eigenvalue weighted by molar-refractivity contribution is 9.10. The normalized spacial score (nSPS) is 19.4. The van der Waals surface area contributed by atoms with E-state index in [4.69, 9.17) is 0 Å². The second kappa shape index (κ2) is 4.21. The van der Waals surface area contributed by atoms with Crippen LogP contribution in [-0.4, -0.2) is 5.91 Å². The summed E-state index contributed by atoms with van der Waals surface area (Å²) < 4.78 is 0.973. The summed E-state index contributed by atoms with van der Waals surface area (Å²) in [7, 11) is 0. The lowest BCUT2D eigenvalue weighted by Gasteiger charge is -2.05. The SMILES string of the molecule is O=C1Nc2ccc(Br)cc2/C1=C1\Cc2ccccc2N1. The van der Waals surface area contributed by atoms with Gasteiger partial charge in [-0.1, -0.05) is 34.1 Å². The molecule has 4 heteroatoms. The molecule has 2 aromatic carbocycles. The number of amides is 1. The third-order valence-corrected chi connectivity index (χ3v) is 4.19. The maximum Gasteiger partial charge on any atom is 0.258 e. The van der Waals surface area contributed by atoms with Crippen molar-refractivity contribution in [2.75, 3.05) is 10.6 Å². The minimum absolute atomic E-state index is 0.0339. The van der Waals surface area contributed by atoms with Crippen LogP contribution in [0.2, 0.25) is 0 Å². The van der Waals surface area contributed by atoms with Crippen LogP contribution in [0, 0.1) is 0 Å². The highest BCUT2D eigenvalue weighted by Crippen LogP contribution is 2.39. The first kappa shape index (κ1) is 11.7. The fraction of sp³-hybridized carbons (Fsp3) is 0.0625. The van der Waals surface area contributed by atoms with Crippen LogP contribution in [0.3, 0.4) is 0 Å². The van der Waals surface area contributed by atoms with Gasteiger partial charge in [0.1, 0.15) is 0 Å². The number of halogens is 1. The average Bonchev–Trinajstić information content (AvgIpc) is 2.97. The van der Waals surface area contributed by atoms with E-state index in [1.165, 1.54) is 5.56 Å². The van der Waals surface area contributed by atoms with Gasteiger partial charge in [0.25, 0.3) is 5.91 Å². The molecule has 3 nitrogen and oxygen atoms in total. The van der Waals surface area contributed by atoms with Crippen molar-refractivity contribution in [2.45, 2.75) is 6.42 Å². The molecule has 2 N–H and O–H groups in total. The largest absolute Gasteiger partial charge is 0.358 e. The van der Waals surface area contributed by atoms with E-state index >= 15 is 0 Å². The maximum absolute atomic E-state index is 12.3. The van der Waals surface area contributed by atoms with E-state index in [9.17, 15) is 4.79 Å². The molecule has 1 amide bonds. The van der Waals surface area contributed by atoms with Gasteiger partial charge in [-0.25, -0.2) is 0 Å². The van der Waals surface area contributed by atoms with Crippen LogP contribution in [0.15, 0.2) is 52.6 Å². The van der Waals surface area contributed by atoms with Crippen LogP contribution in [0.1, 0.15) is 11.1 Å². The molecule has 0 radical (unpaired) electrons. The Morgan fingerprint density at radius 2 is 1.85 bits per heavy atom. The molecule has 98 valence electrons. The van der Waals surface area contributed by atoms with Crippen molar-refractivity contribution in [3.8, 4) is 0 Å². The van der Waals surface area contributed by atoms with Crippen molar-refractivity contribution in [3.63, 3.8) is 0 Å². The summed E-state index contributed by atoms with van der Waals surface area (Å²) >= 11 is 3.47. The van der Waals surface area contributed by atoms with Crippen molar-refractivity contribution in [1.82, 2.24) is 0 Å². The molecule has 2 heterocycles. The molecule has 0 fully saturated rings. The predicted octanol–water partition coefficient (Wildman–Crippen LogP) is 3.78. The Kier molecular flexibility index (Phi) is 2.47. The Morgan fingerprint density at radius 3 is 2.70 bits per heavy atom. The molecular formula is C16H11BrN2O. The Labute approximate surface area is 124 Å². The molecule has 0 bridgehead atoms. The number of benzene rings is 2. The summed E-state index contributed by atoms with van der Waals surface area (Å²) in [6.07, 6.45) is 0.769. The smallest absolute Gasteiger partial charge is 0.258 e. The van der Waals surface area contributed by atoms with Gasteiger partial charge in [-0.15, -0.1) is 0 Å². The molecule has 2 aliphatic heterocycles. The van der Waals surface area contributed by atoms with Gasteiger partial charge < -0.3 is 10.6 Å². The molecule has 0 atom stereocenters. The Hall–Kier alpha value is -2.07. The monoisotopic (exact) mass is 326 g/mol. The summed E-state index contributed by atoms with van der Waals surface area (Å²) in [6.45, 7) is 0. The number of rotatable bonds is 0. The second-order valence-electron chi connectivity index (χ2n) is 4.96. The molecule has 2 aromatic rings. The van der Waals surface area contributed by atoms with Gasteiger partial charge in [0.2, 0.25) is 0 Å². The molecule has 2 aliphatic rings. The quantitative estimate of drug-likeness (QED) is 0.723. The van der Waals surface area contributed by atoms with Gasteiger partial charge in [-0.2, -0.15) is 0 Å². The van der Waals surface area contributed by atoms with Gasteiger partial charge in [-0.3, -0.25) is 4.79 Å². The van der Waals surface area contributed by atoms with Gasteiger partial charge in [0, 0.05) is 33.5 Å². The van der Waals surface area contributed by atoms with Crippen molar-refractivity contribution in [2.24, 2.45) is 0 Å². The van der Waals surface area contributed by atoms with E-state index in [0.29, 0.717) is 0 Å². The van der Waals surface area contributed by atoms with E-state index in [0.717, 1.165) is 39.1 Å². The van der Waals surface area contributed by atoms with E-state index < -0.39 is 0 Å². The standard InChI is InChI=1S/C16H11BrN2O/c17-10-5-6-13-11(8-10)15(16(20)19-13)14-7-9-3-1-2-4-12(9)18-14/h1-6,8,18H,7H2,(H,19,20)/b15-14-. The van der Waals surface area contributed by atoms with E-state index in [2.05, 4.69) is 32.6 Å². The van der Waals surface area contributed by atoms with Gasteiger partial charge in [0.05, 0.1) is 5.57 Å². The van der Waals surface area contributed by atoms with Crippen LogP contribution in [0.5, 0.6) is 0 Å². The number of carbonyl (C=O) groups is 1. The van der Waals surface area contributed by atoms with Crippen molar-refractivity contribution in [1.29, 1.82) is 0 Å². The lowest BCUT2D eigenvalue weighted by molar-refractivity contribution is -0.110. The van der Waals surface area contributed by atoms with E-state index in [-0.39, 0.29) is 5.91 Å². The fourth-order valence-electron chi connectivity index (χ4n) is 2.78. The van der Waals surface area contributed by atoms with E-state index in [1.807, 2.05) is 36.4 Å². The number of carbonyl (C=O) groups excluding carboxylic acids is 1. The van der Waals surface area contributed by atoms with Gasteiger partial charge in [0.15, 0.2) is 0 Å². The van der Waals surface area contributed by atoms with Crippen LogP contribution >= 0.6 is 15.9 Å². The summed E-state index contributed by atoms with van der Waals surface area (Å²) in [6, 6.07) is 14.0. The molecule has 0 saturated carbocycles. The number of hydrogen-bond donors (Lipinski definition) is 2. The second-order valence-corrected chi connectivity index (χ2v) is 5.87. The van der Waals surface area contributed by atoms with E-state index in [1.54, 1.807) is 0 Å². The van der Waals surface area contributed by atoms with Crippen LogP contribution in [-0.2, 0) is 11.2 Å². The third kappa shape index (κ3) is 1.68. The summed E-state index contributed by atoms with van der Waals surface area (Å²) in [4.78, 5) is 12.3. The number of allylic oxidation sites excluding steroid dienone is 1. The van der Waals surface area contributed by atoms with Crippen LogP contribution < -0.4 is 10.6 Å². The first-order valence-corrected chi connectivity index (χ1v) is 7.21. The van der Waals surface area contributed by atoms with Crippen LogP contribution in [0.25, 0.3) is 5.57 Å². The number of fused-ring (bicyclic) bond motifs is 2. The summed E-state index contributed by atoms with van der Waals surface area (Å²) in [5.41, 5.74) is 5.87. The number of para-hydroxylation sites is 1. The lowest BCUT2D eigenvalue weighted by atomic mass is 10.0. The number of hydrogen-bond acceptors (Lipinski definition) is 2. The predicted molar refractivity (Wildman–Crippen MR) is 83.5 cm³/mol. The molecule has 4 rings (SSSR count). The zero-order valence-corrected chi connectivity index (χ0v) is 12.1. The first-order valence-electron chi connectivity index (χ1n) is 6.42. The zero-order chi connectivity index (χ0) is 13.7. The van der Waals surface area contributed by atoms with Crippen molar-refractivity contribution >= 4 is 38.8 Å². The zero-order valence-electron chi connectivity index (χ0n) is 10.5. The Morgan fingerprint density at radius 1 is 1.00 bits per heavy atom. The average molecular weight is 327 g/mol. The minimum atomic E-state index is -0.0339. The fourth-order valence-corrected chi connectivity index (χ4v) is 3.14. The number of nitrogens with one attached hydrogen (secondary N) is 2. The summed E-state index contributed by atoms with van der Waals surface area (Å²) in [5, 5.41) is 6.29. The van der Waals surface area contributed by atoms with Crippen molar-refractivity contribution in [3.05, 3.63) is 63.8 Å². The maximum atomic E-state index is 12.3. The topological polar surface area (TPSA) is 41.1 Å². The Bertz CT molecular complexity index is 753. The van der Waals surface area contributed by atoms with Gasteiger partial charge in [-0.05, 0) is 29.8 Å². The molecular weight excluding hydrogens is 316 g/mol. The molecule has 0 aromatic heterocycles. The van der Waals surface area contributed by atoms with Crippen LogP contribution in [0.4, 0.5) is 11.4 Å². The van der Waals surface area contributed by atoms with Gasteiger partial charge >= 0.3 is 0 Å². The summed E-state index contributed by atoms with van der Waals surface area (Å²) in [5.74, 6) is -0.0339. The molecule has 0 unspecified atom stereocenters. The highest BCUT2D eigenvalue weighted by Gasteiger charge is 2.30. The molecule has 0 saturated heterocycles. The Balaban J connectivity index is 1.87. The third-order valence-electron chi connectivity index (χ3n) is 3.70. The highest BCUT2D eigenvalue weighted by atomic mass is 79.9. The first-order chi connectivity index (χ1) is 9.72. The molecule has 20 heavy (non-hydrogen) atoms. The minimum Gasteiger partial charge on any atom is -0.358 e. The lowest BCUT2D eigenvalue weighted by Crippen LogP contribution is -2.08.